The molecule has 0 aromatic carbocycles. The summed E-state index contributed by atoms with van der Waals surface area (Å²) in [6.45, 7) is 4.68. The number of piperidine rings is 1. The Balaban J connectivity index is 1.53. The Labute approximate surface area is 148 Å². The number of imidazole rings is 2. The number of likely N-dealkylation sites (tertiary alicyclic amines) is 1. The molecule has 2 aliphatic heterocycles. The van der Waals surface area contributed by atoms with Crippen LogP contribution in [0.4, 0.5) is 0 Å². The number of aromatic nitrogens is 4. The second-order valence-electron chi connectivity index (χ2n) is 7.05. The van der Waals surface area contributed by atoms with Crippen molar-refractivity contribution < 1.29 is 4.79 Å². The molecule has 0 aliphatic carbocycles. The summed E-state index contributed by atoms with van der Waals surface area (Å²) in [5, 5.41) is 3.71. The molecule has 4 rings (SSSR count). The summed E-state index contributed by atoms with van der Waals surface area (Å²) >= 11 is 0. The van der Waals surface area contributed by atoms with E-state index in [9.17, 15) is 4.79 Å². The van der Waals surface area contributed by atoms with Gasteiger partial charge in [0, 0.05) is 57.9 Å². The highest BCUT2D eigenvalue weighted by Crippen LogP contribution is 2.36. The Morgan fingerprint density at radius 2 is 2.00 bits per heavy atom. The maximum atomic E-state index is 12.4. The van der Waals surface area contributed by atoms with Gasteiger partial charge in [-0.1, -0.05) is 0 Å². The van der Waals surface area contributed by atoms with Gasteiger partial charge in [0.2, 0.25) is 5.91 Å². The van der Waals surface area contributed by atoms with Crippen LogP contribution >= 0.6 is 0 Å². The van der Waals surface area contributed by atoms with Gasteiger partial charge in [0.05, 0.1) is 12.1 Å². The van der Waals surface area contributed by atoms with E-state index in [1.165, 1.54) is 0 Å². The fourth-order valence-corrected chi connectivity index (χ4v) is 4.32. The number of nitrogens with zero attached hydrogens (tertiary/aromatic N) is 5. The zero-order chi connectivity index (χ0) is 17.4. The van der Waals surface area contributed by atoms with Gasteiger partial charge < -0.3 is 19.4 Å². The van der Waals surface area contributed by atoms with Crippen molar-refractivity contribution >= 4 is 5.91 Å². The van der Waals surface area contributed by atoms with Crippen LogP contribution in [0.1, 0.15) is 49.9 Å². The van der Waals surface area contributed by atoms with Gasteiger partial charge in [0.1, 0.15) is 11.6 Å². The van der Waals surface area contributed by atoms with Crippen molar-refractivity contribution in [2.45, 2.75) is 44.8 Å². The molecule has 1 N–H and O–H groups in total. The van der Waals surface area contributed by atoms with Crippen LogP contribution in [-0.4, -0.2) is 43.0 Å². The number of carbonyl (C=O) groups is 1. The molecule has 3 atom stereocenters. The van der Waals surface area contributed by atoms with Crippen LogP contribution in [0.5, 0.6) is 0 Å². The quantitative estimate of drug-likeness (QED) is 0.897. The van der Waals surface area contributed by atoms with Crippen molar-refractivity contribution in [3.05, 3.63) is 36.4 Å². The van der Waals surface area contributed by atoms with Crippen LogP contribution in [-0.2, 0) is 18.4 Å². The minimum absolute atomic E-state index is 0.0416. The zero-order valence-corrected chi connectivity index (χ0v) is 14.9. The molecule has 0 radical (unpaired) electrons. The van der Waals surface area contributed by atoms with Crippen molar-refractivity contribution in [3.8, 4) is 0 Å². The molecule has 25 heavy (non-hydrogen) atoms. The van der Waals surface area contributed by atoms with E-state index in [4.69, 9.17) is 0 Å². The molecule has 0 spiro atoms. The minimum atomic E-state index is 0.0416. The van der Waals surface area contributed by atoms with E-state index in [2.05, 4.69) is 26.8 Å². The Morgan fingerprint density at radius 1 is 1.20 bits per heavy atom. The van der Waals surface area contributed by atoms with Crippen molar-refractivity contribution in [3.63, 3.8) is 0 Å². The number of hydrogen-bond acceptors (Lipinski definition) is 4. The van der Waals surface area contributed by atoms with E-state index in [-0.39, 0.29) is 11.9 Å². The highest BCUT2D eigenvalue weighted by molar-refractivity contribution is 5.77. The number of fused-ring (bicyclic) bond motifs is 1. The second kappa shape index (κ2) is 6.63. The fourth-order valence-electron chi connectivity index (χ4n) is 4.32. The van der Waals surface area contributed by atoms with Gasteiger partial charge in [-0.25, -0.2) is 9.97 Å². The van der Waals surface area contributed by atoms with E-state index in [0.29, 0.717) is 18.4 Å². The summed E-state index contributed by atoms with van der Waals surface area (Å²) in [4.78, 5) is 23.5. The molecule has 1 unspecified atom stereocenters. The molecule has 1 amide bonds. The Bertz CT molecular complexity index is 750. The van der Waals surface area contributed by atoms with Gasteiger partial charge in [0.15, 0.2) is 0 Å². The lowest BCUT2D eigenvalue weighted by Gasteiger charge is -2.40. The molecule has 4 heterocycles. The molecular formula is C18H26N6O. The van der Waals surface area contributed by atoms with Gasteiger partial charge in [0.25, 0.3) is 0 Å². The molecule has 7 heteroatoms. The SMILES string of the molecule is CCN1C(=O)CC[C@H](CNC2CCn3ccnc32)[C@H]1c1nccn1C. The Morgan fingerprint density at radius 3 is 2.76 bits per heavy atom. The normalized spacial score (nSPS) is 26.2. The molecule has 2 aromatic rings. The molecule has 134 valence electrons. The molecule has 2 aliphatic rings. The average Bonchev–Trinajstić information content (AvgIpc) is 3.31. The van der Waals surface area contributed by atoms with Crippen LogP contribution < -0.4 is 5.32 Å². The molecule has 0 saturated carbocycles. The zero-order valence-electron chi connectivity index (χ0n) is 14.9. The lowest BCUT2D eigenvalue weighted by Crippen LogP contribution is -2.46. The monoisotopic (exact) mass is 342 g/mol. The third kappa shape index (κ3) is 2.86. The second-order valence-corrected chi connectivity index (χ2v) is 7.05. The van der Waals surface area contributed by atoms with Gasteiger partial charge in [-0.3, -0.25) is 4.79 Å². The maximum absolute atomic E-state index is 12.4. The number of carbonyl (C=O) groups excluding carboxylic acids is 1. The van der Waals surface area contributed by atoms with Crippen molar-refractivity contribution in [1.29, 1.82) is 0 Å². The molecule has 2 aromatic heterocycles. The van der Waals surface area contributed by atoms with Crippen LogP contribution in [0.25, 0.3) is 0 Å². The van der Waals surface area contributed by atoms with E-state index in [0.717, 1.165) is 44.1 Å². The molecule has 1 fully saturated rings. The first-order chi connectivity index (χ1) is 12.2. The predicted molar refractivity (Wildman–Crippen MR) is 93.6 cm³/mol. The van der Waals surface area contributed by atoms with Crippen molar-refractivity contribution in [2.24, 2.45) is 13.0 Å². The van der Waals surface area contributed by atoms with E-state index >= 15 is 0 Å². The highest BCUT2D eigenvalue weighted by atomic mass is 16.2. The van der Waals surface area contributed by atoms with Crippen molar-refractivity contribution in [1.82, 2.24) is 29.3 Å². The minimum Gasteiger partial charge on any atom is -0.336 e. The molecular weight excluding hydrogens is 316 g/mol. The third-order valence-electron chi connectivity index (χ3n) is 5.64. The van der Waals surface area contributed by atoms with Crippen LogP contribution in [0.2, 0.25) is 0 Å². The topological polar surface area (TPSA) is 68.0 Å². The van der Waals surface area contributed by atoms with Gasteiger partial charge in [-0.05, 0) is 25.7 Å². The Hall–Kier alpha value is -2.15. The fraction of sp³-hybridized carbons (Fsp3) is 0.611. The summed E-state index contributed by atoms with van der Waals surface area (Å²) in [5.41, 5.74) is 0. The first-order valence-corrected chi connectivity index (χ1v) is 9.20. The van der Waals surface area contributed by atoms with Crippen molar-refractivity contribution in [2.75, 3.05) is 13.1 Å². The number of nitrogens with one attached hydrogen (secondary N) is 1. The summed E-state index contributed by atoms with van der Waals surface area (Å²) in [7, 11) is 2.01. The lowest BCUT2D eigenvalue weighted by atomic mass is 9.87. The number of hydrogen-bond donors (Lipinski definition) is 1. The molecule has 7 nitrogen and oxygen atoms in total. The summed E-state index contributed by atoms with van der Waals surface area (Å²) < 4.78 is 4.26. The smallest absolute Gasteiger partial charge is 0.223 e. The standard InChI is InChI=1S/C18H26N6O/c1-3-24-15(25)5-4-13(16(24)18-20-7-10-22(18)2)12-21-14-6-9-23-11-8-19-17(14)23/h7-8,10-11,13-14,16,21H,3-6,9,12H2,1-2H3/t13-,14?,16+/m1/s1. The average molecular weight is 342 g/mol. The first-order valence-electron chi connectivity index (χ1n) is 9.20. The molecule has 0 bridgehead atoms. The predicted octanol–water partition coefficient (Wildman–Crippen LogP) is 1.65. The molecule has 1 saturated heterocycles. The van der Waals surface area contributed by atoms with E-state index in [1.807, 2.05) is 41.3 Å². The summed E-state index contributed by atoms with van der Waals surface area (Å²) in [6, 6.07) is 0.352. The first kappa shape index (κ1) is 16.3. The van der Waals surface area contributed by atoms with E-state index < -0.39 is 0 Å². The summed E-state index contributed by atoms with van der Waals surface area (Å²) in [6.07, 6.45) is 10.3. The highest BCUT2D eigenvalue weighted by Gasteiger charge is 2.38. The Kier molecular flexibility index (Phi) is 4.33. The lowest BCUT2D eigenvalue weighted by molar-refractivity contribution is -0.139. The van der Waals surface area contributed by atoms with Gasteiger partial charge in [-0.2, -0.15) is 0 Å². The van der Waals surface area contributed by atoms with E-state index in [1.54, 1.807) is 0 Å². The van der Waals surface area contributed by atoms with Gasteiger partial charge >= 0.3 is 0 Å². The van der Waals surface area contributed by atoms with Crippen LogP contribution in [0.15, 0.2) is 24.8 Å². The number of aryl methyl sites for hydroxylation is 2. The van der Waals surface area contributed by atoms with Crippen LogP contribution in [0, 0.1) is 5.92 Å². The number of amides is 1. The number of rotatable bonds is 5. The maximum Gasteiger partial charge on any atom is 0.223 e. The third-order valence-corrected chi connectivity index (χ3v) is 5.64. The largest absolute Gasteiger partial charge is 0.336 e. The van der Waals surface area contributed by atoms with Crippen LogP contribution in [0.3, 0.4) is 0 Å². The van der Waals surface area contributed by atoms with Gasteiger partial charge in [-0.15, -0.1) is 0 Å². The summed E-state index contributed by atoms with van der Waals surface area (Å²) in [5.74, 6) is 2.72.